The highest BCUT2D eigenvalue weighted by Crippen LogP contribution is 2.30. The van der Waals surface area contributed by atoms with Crippen LogP contribution in [0.3, 0.4) is 0 Å². The van der Waals surface area contributed by atoms with E-state index in [9.17, 15) is 18.0 Å². The molecule has 1 aromatic heterocycles. The van der Waals surface area contributed by atoms with Gasteiger partial charge in [0.25, 0.3) is 5.91 Å². The summed E-state index contributed by atoms with van der Waals surface area (Å²) in [5, 5.41) is 0. The van der Waals surface area contributed by atoms with Gasteiger partial charge in [0, 0.05) is 37.0 Å². The molecule has 1 unspecified atom stereocenters. The standard InChI is InChI=1S/C19H20F3N3O2/c20-19(21,22)14-6-9-17(24-12-14)27-16-7-4-13(5-8-16)18(26)25-10-2-1-3-15(25)11-23/h4-9,12,15H,1-3,10-11,23H2. The highest BCUT2D eigenvalue weighted by molar-refractivity contribution is 5.94. The van der Waals surface area contributed by atoms with E-state index >= 15 is 0 Å². The van der Waals surface area contributed by atoms with Crippen molar-refractivity contribution in [1.82, 2.24) is 9.88 Å². The second kappa shape index (κ2) is 7.96. The van der Waals surface area contributed by atoms with E-state index in [0.717, 1.165) is 37.6 Å². The molecule has 1 amide bonds. The van der Waals surface area contributed by atoms with Crippen molar-refractivity contribution in [2.24, 2.45) is 5.73 Å². The smallest absolute Gasteiger partial charge is 0.417 e. The number of piperidine rings is 1. The van der Waals surface area contributed by atoms with Crippen LogP contribution in [0.1, 0.15) is 35.2 Å². The van der Waals surface area contributed by atoms with Crippen LogP contribution in [0.2, 0.25) is 0 Å². The van der Waals surface area contributed by atoms with Crippen LogP contribution in [0, 0.1) is 0 Å². The van der Waals surface area contributed by atoms with Crippen LogP contribution < -0.4 is 10.5 Å². The number of carbonyl (C=O) groups is 1. The number of halogens is 3. The molecule has 1 fully saturated rings. The highest BCUT2D eigenvalue weighted by atomic mass is 19.4. The van der Waals surface area contributed by atoms with Crippen LogP contribution in [0.5, 0.6) is 11.6 Å². The van der Waals surface area contributed by atoms with Crippen molar-refractivity contribution < 1.29 is 22.7 Å². The van der Waals surface area contributed by atoms with Crippen molar-refractivity contribution in [3.63, 3.8) is 0 Å². The first kappa shape index (κ1) is 19.2. The normalized spacial score (nSPS) is 17.6. The van der Waals surface area contributed by atoms with Crippen molar-refractivity contribution in [3.05, 3.63) is 53.7 Å². The molecular formula is C19H20F3N3O2. The molecule has 5 nitrogen and oxygen atoms in total. The van der Waals surface area contributed by atoms with Gasteiger partial charge in [-0.3, -0.25) is 4.79 Å². The maximum Gasteiger partial charge on any atom is 0.417 e. The molecule has 8 heteroatoms. The number of benzene rings is 1. The molecule has 144 valence electrons. The molecule has 3 rings (SSSR count). The quantitative estimate of drug-likeness (QED) is 0.876. The number of alkyl halides is 3. The van der Waals surface area contributed by atoms with Gasteiger partial charge in [-0.05, 0) is 49.6 Å². The number of hydrogen-bond donors (Lipinski definition) is 1. The Bertz CT molecular complexity index is 776. The lowest BCUT2D eigenvalue weighted by molar-refractivity contribution is -0.137. The minimum Gasteiger partial charge on any atom is -0.439 e. The van der Waals surface area contributed by atoms with Crippen LogP contribution in [-0.4, -0.2) is 34.9 Å². The molecule has 1 saturated heterocycles. The van der Waals surface area contributed by atoms with Gasteiger partial charge in [0.1, 0.15) is 5.75 Å². The summed E-state index contributed by atoms with van der Waals surface area (Å²) in [5.74, 6) is 0.346. The van der Waals surface area contributed by atoms with E-state index in [-0.39, 0.29) is 17.8 Å². The molecule has 27 heavy (non-hydrogen) atoms. The summed E-state index contributed by atoms with van der Waals surface area (Å²) < 4.78 is 43.1. The molecule has 0 radical (unpaired) electrons. The van der Waals surface area contributed by atoms with Gasteiger partial charge in [0.15, 0.2) is 0 Å². The zero-order valence-corrected chi connectivity index (χ0v) is 14.6. The number of nitrogens with two attached hydrogens (primary N) is 1. The van der Waals surface area contributed by atoms with Gasteiger partial charge < -0.3 is 15.4 Å². The topological polar surface area (TPSA) is 68.5 Å². The minimum atomic E-state index is -4.44. The van der Waals surface area contributed by atoms with E-state index in [4.69, 9.17) is 10.5 Å². The van der Waals surface area contributed by atoms with Crippen molar-refractivity contribution in [2.75, 3.05) is 13.1 Å². The number of rotatable bonds is 4. The summed E-state index contributed by atoms with van der Waals surface area (Å²) in [6.45, 7) is 1.13. The molecule has 0 bridgehead atoms. The molecule has 0 saturated carbocycles. The van der Waals surface area contributed by atoms with Gasteiger partial charge in [-0.2, -0.15) is 13.2 Å². The Kier molecular flexibility index (Phi) is 5.65. The van der Waals surface area contributed by atoms with Crippen LogP contribution >= 0.6 is 0 Å². The van der Waals surface area contributed by atoms with E-state index in [1.54, 1.807) is 29.2 Å². The molecule has 1 aliphatic rings. The number of amides is 1. The number of carbonyl (C=O) groups excluding carboxylic acids is 1. The summed E-state index contributed by atoms with van der Waals surface area (Å²) in [6, 6.07) is 8.56. The van der Waals surface area contributed by atoms with E-state index in [0.29, 0.717) is 24.4 Å². The van der Waals surface area contributed by atoms with E-state index in [2.05, 4.69) is 4.98 Å². The predicted molar refractivity (Wildman–Crippen MR) is 93.5 cm³/mol. The lowest BCUT2D eigenvalue weighted by Gasteiger charge is -2.35. The average Bonchev–Trinajstić information content (AvgIpc) is 2.68. The van der Waals surface area contributed by atoms with Crippen LogP contribution in [-0.2, 0) is 6.18 Å². The van der Waals surface area contributed by atoms with Crippen LogP contribution in [0.25, 0.3) is 0 Å². The summed E-state index contributed by atoms with van der Waals surface area (Å²) in [4.78, 5) is 18.1. The molecule has 1 aliphatic heterocycles. The number of nitrogens with zero attached hydrogens (tertiary/aromatic N) is 2. The maximum absolute atomic E-state index is 12.7. The first-order chi connectivity index (χ1) is 12.9. The molecule has 2 N–H and O–H groups in total. The average molecular weight is 379 g/mol. The Morgan fingerprint density at radius 2 is 1.93 bits per heavy atom. The molecule has 1 aromatic carbocycles. The van der Waals surface area contributed by atoms with Gasteiger partial charge in [-0.15, -0.1) is 0 Å². The lowest BCUT2D eigenvalue weighted by Crippen LogP contribution is -2.47. The van der Waals surface area contributed by atoms with Crippen molar-refractivity contribution in [3.8, 4) is 11.6 Å². The van der Waals surface area contributed by atoms with Crippen LogP contribution in [0.4, 0.5) is 13.2 Å². The Morgan fingerprint density at radius 1 is 1.19 bits per heavy atom. The Labute approximate surface area is 154 Å². The predicted octanol–water partition coefficient (Wildman–Crippen LogP) is 3.85. The van der Waals surface area contributed by atoms with Gasteiger partial charge >= 0.3 is 6.18 Å². The van der Waals surface area contributed by atoms with Gasteiger partial charge in [0.05, 0.1) is 5.56 Å². The SMILES string of the molecule is NCC1CCCCN1C(=O)c1ccc(Oc2ccc(C(F)(F)F)cn2)cc1. The second-order valence-corrected chi connectivity index (χ2v) is 6.39. The van der Waals surface area contributed by atoms with Crippen molar-refractivity contribution in [2.45, 2.75) is 31.5 Å². The van der Waals surface area contributed by atoms with Crippen molar-refractivity contribution in [1.29, 1.82) is 0 Å². The fraction of sp³-hybridized carbons (Fsp3) is 0.368. The molecule has 2 aromatic rings. The lowest BCUT2D eigenvalue weighted by atomic mass is 10.0. The molecule has 2 heterocycles. The second-order valence-electron chi connectivity index (χ2n) is 6.39. The Balaban J connectivity index is 1.67. The third kappa shape index (κ3) is 4.57. The number of hydrogen-bond acceptors (Lipinski definition) is 4. The number of likely N-dealkylation sites (tertiary alicyclic amines) is 1. The summed E-state index contributed by atoms with van der Waals surface area (Å²) in [5.41, 5.74) is 5.44. The monoisotopic (exact) mass is 379 g/mol. The first-order valence-electron chi connectivity index (χ1n) is 8.70. The van der Waals surface area contributed by atoms with E-state index < -0.39 is 11.7 Å². The van der Waals surface area contributed by atoms with Crippen LogP contribution in [0.15, 0.2) is 42.6 Å². The van der Waals surface area contributed by atoms with Gasteiger partial charge in [-0.1, -0.05) is 0 Å². The summed E-state index contributed by atoms with van der Waals surface area (Å²) in [7, 11) is 0. The maximum atomic E-state index is 12.7. The fourth-order valence-electron chi connectivity index (χ4n) is 3.07. The highest BCUT2D eigenvalue weighted by Gasteiger charge is 2.30. The summed E-state index contributed by atoms with van der Waals surface area (Å²) in [6.07, 6.45) is -0.787. The Morgan fingerprint density at radius 3 is 2.52 bits per heavy atom. The zero-order chi connectivity index (χ0) is 19.4. The van der Waals surface area contributed by atoms with Gasteiger partial charge in [-0.25, -0.2) is 4.98 Å². The summed E-state index contributed by atoms with van der Waals surface area (Å²) >= 11 is 0. The third-order valence-corrected chi connectivity index (χ3v) is 4.55. The Hall–Kier alpha value is -2.61. The van der Waals surface area contributed by atoms with Gasteiger partial charge in [0.2, 0.25) is 5.88 Å². The van der Waals surface area contributed by atoms with Crippen molar-refractivity contribution >= 4 is 5.91 Å². The van der Waals surface area contributed by atoms with E-state index in [1.807, 2.05) is 0 Å². The number of aromatic nitrogens is 1. The molecular weight excluding hydrogens is 359 g/mol. The largest absolute Gasteiger partial charge is 0.439 e. The molecule has 0 aliphatic carbocycles. The number of ether oxygens (including phenoxy) is 1. The van der Waals surface area contributed by atoms with E-state index in [1.165, 1.54) is 0 Å². The fourth-order valence-corrected chi connectivity index (χ4v) is 3.07. The zero-order valence-electron chi connectivity index (χ0n) is 14.6. The minimum absolute atomic E-state index is 0.0429. The number of pyridine rings is 1. The molecule has 0 spiro atoms. The first-order valence-corrected chi connectivity index (χ1v) is 8.70. The third-order valence-electron chi connectivity index (χ3n) is 4.55. The molecule has 1 atom stereocenters.